The van der Waals surface area contributed by atoms with Crippen molar-refractivity contribution in [2.75, 3.05) is 25.0 Å². The number of aromatic nitrogens is 4. The van der Waals surface area contributed by atoms with Crippen molar-refractivity contribution < 1.29 is 22.6 Å². The fourth-order valence-electron chi connectivity index (χ4n) is 4.82. The molecule has 0 radical (unpaired) electrons. The maximum absolute atomic E-state index is 13.5. The quantitative estimate of drug-likeness (QED) is 0.245. The number of sulfonamides is 1. The van der Waals surface area contributed by atoms with Crippen LogP contribution in [0.3, 0.4) is 0 Å². The van der Waals surface area contributed by atoms with Gasteiger partial charge in [-0.2, -0.15) is 0 Å². The summed E-state index contributed by atoms with van der Waals surface area (Å²) in [5, 5.41) is 4.65. The second-order valence-electron chi connectivity index (χ2n) is 10.1. The molecule has 1 aliphatic carbocycles. The predicted octanol–water partition coefficient (Wildman–Crippen LogP) is 4.73. The van der Waals surface area contributed by atoms with Crippen LogP contribution >= 0.6 is 0 Å². The Morgan fingerprint density at radius 1 is 1.07 bits per heavy atom. The van der Waals surface area contributed by atoms with Gasteiger partial charge in [-0.15, -0.1) is 5.10 Å². The number of methoxy groups -OCH3 is 1. The number of rotatable bonds is 12. The number of imidazole rings is 1. The van der Waals surface area contributed by atoms with Gasteiger partial charge in [-0.05, 0) is 69.4 Å². The molecule has 0 atom stereocenters. The minimum atomic E-state index is -4.04. The zero-order valence-electron chi connectivity index (χ0n) is 23.7. The van der Waals surface area contributed by atoms with Gasteiger partial charge in [0.25, 0.3) is 15.6 Å². The zero-order chi connectivity index (χ0) is 29.1. The molecule has 1 aliphatic rings. The van der Waals surface area contributed by atoms with Crippen molar-refractivity contribution >= 4 is 21.2 Å². The van der Waals surface area contributed by atoms with Crippen molar-refractivity contribution in [3.05, 3.63) is 58.3 Å². The van der Waals surface area contributed by atoms with Crippen LogP contribution in [0.2, 0.25) is 0 Å². The van der Waals surface area contributed by atoms with E-state index in [2.05, 4.69) is 19.8 Å². The highest BCUT2D eigenvalue weighted by atomic mass is 32.2. The first-order chi connectivity index (χ1) is 19.7. The van der Waals surface area contributed by atoms with Gasteiger partial charge in [-0.3, -0.25) is 9.52 Å². The maximum Gasteiger partial charge on any atom is 0.277 e. The summed E-state index contributed by atoms with van der Waals surface area (Å²) in [6.45, 7) is 6.50. The van der Waals surface area contributed by atoms with E-state index in [-0.39, 0.29) is 16.3 Å². The van der Waals surface area contributed by atoms with Crippen LogP contribution in [-0.2, 0) is 16.4 Å². The van der Waals surface area contributed by atoms with Gasteiger partial charge in [0.1, 0.15) is 11.6 Å². The summed E-state index contributed by atoms with van der Waals surface area (Å²) in [4.78, 5) is 20.3. The van der Waals surface area contributed by atoms with Gasteiger partial charge in [-0.1, -0.05) is 13.3 Å². The van der Waals surface area contributed by atoms with Crippen molar-refractivity contribution in [2.45, 2.75) is 57.8 Å². The Hall–Kier alpha value is -4.06. The van der Waals surface area contributed by atoms with Crippen molar-refractivity contribution in [3.63, 3.8) is 0 Å². The van der Waals surface area contributed by atoms with Gasteiger partial charge in [0, 0.05) is 12.5 Å². The predicted molar refractivity (Wildman–Crippen MR) is 156 cm³/mol. The zero-order valence-corrected chi connectivity index (χ0v) is 24.5. The summed E-state index contributed by atoms with van der Waals surface area (Å²) in [6.07, 6.45) is 4.92. The molecular formula is C29H35N5O6S. The standard InChI is InChI=1S/C29H35N5O6S/c1-5-8-26-30-18(3)27-29(35)31-28(32-34(26)27)22-16-21(12-14-23(22)39-6-2)41(36,37)33-20-11-13-24(38-4)25(15-20)40-17-19-9-7-10-19/h11-16,19,33H,5-10,17H2,1-4H3,(H,31,32,35). The number of H-pyrrole nitrogens is 1. The van der Waals surface area contributed by atoms with E-state index in [0.717, 1.165) is 19.3 Å². The lowest BCUT2D eigenvalue weighted by Crippen LogP contribution is -2.19. The van der Waals surface area contributed by atoms with E-state index in [9.17, 15) is 13.2 Å². The third-order valence-corrected chi connectivity index (χ3v) is 8.53. The van der Waals surface area contributed by atoms with Crippen LogP contribution in [0.5, 0.6) is 17.2 Å². The molecule has 2 heterocycles. The van der Waals surface area contributed by atoms with Gasteiger partial charge >= 0.3 is 0 Å². The van der Waals surface area contributed by atoms with E-state index < -0.39 is 10.0 Å². The molecule has 1 saturated carbocycles. The molecule has 0 aliphatic heterocycles. The topological polar surface area (TPSA) is 137 Å². The lowest BCUT2D eigenvalue weighted by molar-refractivity contribution is 0.176. The monoisotopic (exact) mass is 581 g/mol. The minimum absolute atomic E-state index is 0.0259. The number of anilines is 1. The van der Waals surface area contributed by atoms with E-state index in [1.165, 1.54) is 23.1 Å². The molecule has 2 aromatic carbocycles. The van der Waals surface area contributed by atoms with E-state index in [0.29, 0.717) is 71.1 Å². The highest BCUT2D eigenvalue weighted by molar-refractivity contribution is 7.92. The highest BCUT2D eigenvalue weighted by Crippen LogP contribution is 2.35. The Morgan fingerprint density at radius 3 is 2.54 bits per heavy atom. The lowest BCUT2D eigenvalue weighted by Gasteiger charge is -2.25. The molecule has 2 N–H and O–H groups in total. The number of nitrogens with zero attached hydrogens (tertiary/aromatic N) is 3. The average molecular weight is 582 g/mol. The highest BCUT2D eigenvalue weighted by Gasteiger charge is 2.23. The van der Waals surface area contributed by atoms with E-state index in [4.69, 9.17) is 14.2 Å². The number of ether oxygens (including phenoxy) is 3. The molecule has 5 rings (SSSR count). The molecule has 0 amide bonds. The molecule has 218 valence electrons. The van der Waals surface area contributed by atoms with Crippen LogP contribution in [0.1, 0.15) is 51.0 Å². The smallest absolute Gasteiger partial charge is 0.277 e. The number of hydrogen-bond donors (Lipinski definition) is 2. The second-order valence-corrected chi connectivity index (χ2v) is 11.8. The Kier molecular flexibility index (Phi) is 8.20. The van der Waals surface area contributed by atoms with Crippen LogP contribution in [0.4, 0.5) is 5.69 Å². The number of fused-ring (bicyclic) bond motifs is 1. The summed E-state index contributed by atoms with van der Waals surface area (Å²) in [5.41, 5.74) is 1.23. The summed E-state index contributed by atoms with van der Waals surface area (Å²) >= 11 is 0. The maximum atomic E-state index is 13.5. The number of nitrogens with one attached hydrogen (secondary N) is 2. The first-order valence-electron chi connectivity index (χ1n) is 13.8. The molecule has 0 spiro atoms. The number of aryl methyl sites for hydroxylation is 2. The van der Waals surface area contributed by atoms with E-state index >= 15 is 0 Å². The fraction of sp³-hybridized carbons (Fsp3) is 0.414. The van der Waals surface area contributed by atoms with Crippen LogP contribution in [0.15, 0.2) is 46.1 Å². The van der Waals surface area contributed by atoms with Crippen LogP contribution < -0.4 is 24.5 Å². The van der Waals surface area contributed by atoms with Crippen molar-refractivity contribution in [1.82, 2.24) is 19.6 Å². The minimum Gasteiger partial charge on any atom is -0.493 e. The molecule has 0 bridgehead atoms. The number of benzene rings is 2. The van der Waals surface area contributed by atoms with Gasteiger partial charge in [0.05, 0.1) is 42.2 Å². The Labute approximate surface area is 238 Å². The van der Waals surface area contributed by atoms with E-state index in [1.54, 1.807) is 38.3 Å². The normalized spacial score (nSPS) is 13.7. The average Bonchev–Trinajstić information content (AvgIpc) is 3.23. The number of hydrogen-bond acceptors (Lipinski definition) is 8. The third kappa shape index (κ3) is 5.88. The van der Waals surface area contributed by atoms with Crippen LogP contribution in [0.25, 0.3) is 16.9 Å². The first kappa shape index (κ1) is 28.5. The Bertz CT molecular complexity index is 1730. The molecule has 12 heteroatoms. The summed E-state index contributed by atoms with van der Waals surface area (Å²) in [5.74, 6) is 2.73. The molecule has 1 fully saturated rings. The SMILES string of the molecule is CCCc1nc(C)c2c(=O)[nH]c(-c3cc(S(=O)(=O)Nc4ccc(OC)c(OCC5CCC5)c4)ccc3OCC)nn12. The first-order valence-corrected chi connectivity index (χ1v) is 15.3. The van der Waals surface area contributed by atoms with Crippen molar-refractivity contribution in [1.29, 1.82) is 0 Å². The van der Waals surface area contributed by atoms with Gasteiger partial charge < -0.3 is 19.2 Å². The second kappa shape index (κ2) is 11.8. The molecule has 2 aromatic heterocycles. The third-order valence-electron chi connectivity index (χ3n) is 7.15. The summed E-state index contributed by atoms with van der Waals surface area (Å²) in [6, 6.07) is 9.36. The molecule has 41 heavy (non-hydrogen) atoms. The van der Waals surface area contributed by atoms with Crippen molar-refractivity contribution in [2.24, 2.45) is 5.92 Å². The van der Waals surface area contributed by atoms with Gasteiger partial charge in [-0.25, -0.2) is 17.9 Å². The lowest BCUT2D eigenvalue weighted by atomic mass is 9.86. The Balaban J connectivity index is 1.51. The van der Waals surface area contributed by atoms with Gasteiger partial charge in [0.15, 0.2) is 22.8 Å². The molecule has 11 nitrogen and oxygen atoms in total. The number of aromatic amines is 1. The van der Waals surface area contributed by atoms with Gasteiger partial charge in [0.2, 0.25) is 0 Å². The van der Waals surface area contributed by atoms with Crippen molar-refractivity contribution in [3.8, 4) is 28.6 Å². The van der Waals surface area contributed by atoms with Crippen LogP contribution in [-0.4, -0.2) is 48.3 Å². The summed E-state index contributed by atoms with van der Waals surface area (Å²) < 4.78 is 48.4. The fourth-order valence-corrected chi connectivity index (χ4v) is 5.89. The molecular weight excluding hydrogens is 546 g/mol. The molecule has 0 saturated heterocycles. The Morgan fingerprint density at radius 2 is 1.85 bits per heavy atom. The van der Waals surface area contributed by atoms with Crippen LogP contribution in [0, 0.1) is 12.8 Å². The summed E-state index contributed by atoms with van der Waals surface area (Å²) in [7, 11) is -2.50. The van der Waals surface area contributed by atoms with E-state index in [1.807, 2.05) is 13.8 Å². The molecule has 4 aromatic rings. The largest absolute Gasteiger partial charge is 0.493 e. The molecule has 0 unspecified atom stereocenters.